The van der Waals surface area contributed by atoms with Gasteiger partial charge in [-0.3, -0.25) is 0 Å². The van der Waals surface area contributed by atoms with E-state index in [1.54, 1.807) is 24.3 Å². The zero-order valence-electron chi connectivity index (χ0n) is 22.0. The lowest BCUT2D eigenvalue weighted by atomic mass is 9.90. The van der Waals surface area contributed by atoms with Crippen LogP contribution in [0.5, 0.6) is 0 Å². The molecule has 2 aliphatic carbocycles. The lowest BCUT2D eigenvalue weighted by molar-refractivity contribution is 0.583. The van der Waals surface area contributed by atoms with E-state index in [9.17, 15) is 29.8 Å². The maximum Gasteiger partial charge on any atom is 0.270 e. The highest BCUT2D eigenvalue weighted by Crippen LogP contribution is 2.57. The molecule has 1 aromatic carbocycles. The normalized spacial score (nSPS) is 14.7. The largest absolute Gasteiger partial charge is 0.270 e. The molecule has 5 rings (SSSR count). The summed E-state index contributed by atoms with van der Waals surface area (Å²) in [5, 5.41) is 39.7. The molecule has 0 amide bonds. The molecule has 0 spiro atoms. The third-order valence-corrected chi connectivity index (χ3v) is 6.91. The summed E-state index contributed by atoms with van der Waals surface area (Å²) in [6.45, 7) is 30.7. The van der Waals surface area contributed by atoms with Gasteiger partial charge in [-0.05, 0) is 45.5 Å². The maximum absolute atomic E-state index is 16.9. The molecule has 45 heavy (non-hydrogen) atoms. The van der Waals surface area contributed by atoms with Crippen molar-refractivity contribution < 1.29 is 13.2 Å². The second-order valence-electron chi connectivity index (χ2n) is 8.93. The third kappa shape index (κ3) is 4.05. The fourth-order valence-corrected chi connectivity index (χ4v) is 5.24. The van der Waals surface area contributed by atoms with Crippen molar-refractivity contribution in [3.8, 4) is 24.3 Å². The van der Waals surface area contributed by atoms with E-state index in [0.717, 1.165) is 30.6 Å². The molecule has 0 atom stereocenters. The molecule has 204 valence electrons. The summed E-state index contributed by atoms with van der Waals surface area (Å²) in [6, 6.07) is 9.65. The van der Waals surface area contributed by atoms with Crippen LogP contribution in [0.3, 0.4) is 0 Å². The summed E-state index contributed by atoms with van der Waals surface area (Å²) < 4.78 is 45.7. The Balaban J connectivity index is 2.05. The topological polar surface area (TPSA) is 138 Å². The van der Waals surface area contributed by atoms with Gasteiger partial charge in [0.25, 0.3) is 11.4 Å². The van der Waals surface area contributed by atoms with Crippen molar-refractivity contribution in [2.24, 2.45) is 0 Å². The van der Waals surface area contributed by atoms with Gasteiger partial charge in [-0.15, -0.1) is 0 Å². The molecule has 13 heteroatoms. The second-order valence-corrected chi connectivity index (χ2v) is 8.93. The van der Waals surface area contributed by atoms with Crippen molar-refractivity contribution in [3.63, 3.8) is 0 Å². The minimum Gasteiger partial charge on any atom is -0.240 e. The molecule has 3 aromatic rings. The number of fused-ring (bicyclic) bond motifs is 2. The van der Waals surface area contributed by atoms with Gasteiger partial charge in [0.05, 0.1) is 49.6 Å². The minimum atomic E-state index is -1.25. The molecule has 0 saturated carbocycles. The standard InChI is InChI=1S/C32H5F3N10/c1-40-20(10-38)27-17-5-18-28(21(11-39)41-2)29(16-7-24(34)45-13-22(16)42-3)32(43-4)30(18)31(35)26(17)19(9-37)25(27)15-6-23(33)44-12-14(15)8-36/h5-7,12-13H/b27-20+,28-21-. The van der Waals surface area contributed by atoms with E-state index in [0.29, 0.717) is 0 Å². The number of halogens is 3. The van der Waals surface area contributed by atoms with E-state index in [1.807, 2.05) is 0 Å². The Labute approximate surface area is 252 Å². The van der Waals surface area contributed by atoms with Crippen molar-refractivity contribution in [3.05, 3.63) is 144 Å². The van der Waals surface area contributed by atoms with E-state index >= 15 is 4.39 Å². The predicted octanol–water partition coefficient (Wildman–Crippen LogP) is 6.87. The number of nitriles is 4. The van der Waals surface area contributed by atoms with Crippen molar-refractivity contribution in [2.75, 3.05) is 0 Å². The van der Waals surface area contributed by atoms with Crippen LogP contribution in [0.15, 0.2) is 42.0 Å². The smallest absolute Gasteiger partial charge is 0.240 e. The van der Waals surface area contributed by atoms with E-state index in [2.05, 4.69) is 29.3 Å². The van der Waals surface area contributed by atoms with Crippen molar-refractivity contribution >= 4 is 39.2 Å². The quantitative estimate of drug-likeness (QED) is 0.182. The van der Waals surface area contributed by atoms with E-state index in [1.165, 1.54) is 0 Å². The molecular weight excluding hydrogens is 581 g/mol. The minimum absolute atomic E-state index is 0.257. The fourth-order valence-electron chi connectivity index (χ4n) is 5.24. The van der Waals surface area contributed by atoms with Crippen LogP contribution in [0.2, 0.25) is 0 Å². The van der Waals surface area contributed by atoms with Crippen LogP contribution in [-0.4, -0.2) is 9.97 Å². The zero-order valence-corrected chi connectivity index (χ0v) is 22.0. The molecule has 0 aliphatic heterocycles. The highest BCUT2D eigenvalue weighted by molar-refractivity contribution is 6.29. The van der Waals surface area contributed by atoms with Gasteiger partial charge in [0.1, 0.15) is 18.0 Å². The molecule has 0 unspecified atom stereocenters. The first-order valence-electron chi connectivity index (χ1n) is 12.0. The van der Waals surface area contributed by atoms with Crippen molar-refractivity contribution in [1.29, 1.82) is 21.0 Å². The Morgan fingerprint density at radius 3 is 1.78 bits per heavy atom. The van der Waals surface area contributed by atoms with Crippen LogP contribution < -0.4 is 0 Å². The highest BCUT2D eigenvalue weighted by Gasteiger charge is 2.41. The average molecular weight is 586 g/mol. The molecule has 2 aromatic heterocycles. The highest BCUT2D eigenvalue weighted by atomic mass is 19.1. The first-order chi connectivity index (χ1) is 21.7. The SMILES string of the molecule is [C-]#[N+]C1=C(c2cc(F)ncc2[N+]#[C-])/C(=C(/C#N)[N+]#[C-])c2cc3c(c(F)c21)C(C#N)=C(c1cc(F)ncc1C#N)/C3=C(\C#N)[N+]#[C-]. The monoisotopic (exact) mass is 586 g/mol. The zero-order chi connectivity index (χ0) is 32.6. The average Bonchev–Trinajstić information content (AvgIpc) is 3.55. The Morgan fingerprint density at radius 1 is 0.667 bits per heavy atom. The van der Waals surface area contributed by atoms with Gasteiger partial charge in [-0.25, -0.2) is 44.3 Å². The molecular formula is C32H5F3N10. The summed E-state index contributed by atoms with van der Waals surface area (Å²) >= 11 is 0. The number of hydrogen-bond donors (Lipinski definition) is 0. The number of hydrogen-bond acceptors (Lipinski definition) is 6. The fraction of sp³-hybridized carbons (Fsp3) is 0. The molecule has 2 heterocycles. The Bertz CT molecular complexity index is 2240. The first kappa shape index (κ1) is 28.7. The second kappa shape index (κ2) is 10.9. The summed E-state index contributed by atoms with van der Waals surface area (Å²) in [6.07, 6.45) is 1.73. The van der Waals surface area contributed by atoms with Gasteiger partial charge in [-0.2, -0.15) is 19.3 Å². The number of allylic oxidation sites excluding steroid dienone is 7. The Hall–Kier alpha value is -7.81. The summed E-state index contributed by atoms with van der Waals surface area (Å²) in [5.41, 5.74) is -6.31. The molecule has 0 N–H and O–H groups in total. The lowest BCUT2D eigenvalue weighted by Crippen LogP contribution is -1.99. The number of nitrogens with zero attached hydrogens (tertiary/aromatic N) is 10. The van der Waals surface area contributed by atoms with Gasteiger partial charge in [0, 0.05) is 40.7 Å². The van der Waals surface area contributed by atoms with Gasteiger partial charge in [0.2, 0.25) is 23.3 Å². The van der Waals surface area contributed by atoms with Crippen LogP contribution in [0.25, 0.3) is 52.9 Å². The molecule has 0 fully saturated rings. The number of aromatic nitrogens is 2. The number of pyridine rings is 2. The number of rotatable bonds is 2. The first-order valence-corrected chi connectivity index (χ1v) is 12.0. The molecule has 10 nitrogen and oxygen atoms in total. The van der Waals surface area contributed by atoms with E-state index < -0.39 is 51.5 Å². The lowest BCUT2D eigenvalue weighted by Gasteiger charge is -2.14. The molecule has 0 saturated heterocycles. The number of benzene rings is 1. The van der Waals surface area contributed by atoms with Crippen LogP contribution in [0, 0.1) is 89.3 Å². The Kier molecular flexibility index (Phi) is 6.94. The van der Waals surface area contributed by atoms with Gasteiger partial charge >= 0.3 is 0 Å². The van der Waals surface area contributed by atoms with Gasteiger partial charge < -0.3 is 0 Å². The molecule has 0 radical (unpaired) electrons. The summed E-state index contributed by atoms with van der Waals surface area (Å²) in [7, 11) is 0. The van der Waals surface area contributed by atoms with Crippen molar-refractivity contribution in [1.82, 2.24) is 9.97 Å². The Morgan fingerprint density at radius 2 is 1.24 bits per heavy atom. The van der Waals surface area contributed by atoms with Crippen molar-refractivity contribution in [2.45, 2.75) is 0 Å². The van der Waals surface area contributed by atoms with Gasteiger partial charge in [0.15, 0.2) is 0 Å². The van der Waals surface area contributed by atoms with E-state index in [4.69, 9.17) is 26.3 Å². The van der Waals surface area contributed by atoms with Gasteiger partial charge in [-0.1, -0.05) is 0 Å². The summed E-state index contributed by atoms with van der Waals surface area (Å²) in [4.78, 5) is 20.0. The molecule has 0 bridgehead atoms. The van der Waals surface area contributed by atoms with Crippen LogP contribution in [0.4, 0.5) is 18.9 Å². The van der Waals surface area contributed by atoms with Crippen LogP contribution in [0.1, 0.15) is 38.9 Å². The van der Waals surface area contributed by atoms with Crippen LogP contribution in [-0.2, 0) is 0 Å². The maximum atomic E-state index is 16.9. The predicted molar refractivity (Wildman–Crippen MR) is 150 cm³/mol. The summed E-state index contributed by atoms with van der Waals surface area (Å²) in [5.74, 6) is -3.41. The van der Waals surface area contributed by atoms with E-state index in [-0.39, 0.29) is 55.8 Å². The van der Waals surface area contributed by atoms with Crippen LogP contribution >= 0.6 is 0 Å². The molecule has 2 aliphatic rings. The third-order valence-electron chi connectivity index (χ3n) is 6.91.